The van der Waals surface area contributed by atoms with Gasteiger partial charge in [0.2, 0.25) is 0 Å². The Morgan fingerprint density at radius 3 is 2.31 bits per heavy atom. The zero-order chi connectivity index (χ0) is 23.9. The Hall–Kier alpha value is -3.12. The van der Waals surface area contributed by atoms with E-state index in [1.165, 1.54) is 31.1 Å². The molecule has 3 nitrogen and oxygen atoms in total. The summed E-state index contributed by atoms with van der Waals surface area (Å²) < 4.78 is 21.5. The highest BCUT2D eigenvalue weighted by Crippen LogP contribution is 2.43. The molecule has 172 valence electrons. The molecule has 0 unspecified atom stereocenters. The summed E-state index contributed by atoms with van der Waals surface area (Å²) in [6, 6.07) is 25.9. The number of furan rings is 1. The number of benzene rings is 4. The molecule has 5 heteroatoms. The van der Waals surface area contributed by atoms with Gasteiger partial charge in [-0.05, 0) is 62.2 Å². The largest absolute Gasteiger partial charge is 0.496 e. The Bertz CT molecular complexity index is 1760. The predicted octanol–water partition coefficient (Wildman–Crippen LogP) is 7.92. The Kier molecular flexibility index (Phi) is 4.36. The molecule has 0 bridgehead atoms. The zero-order valence-electron chi connectivity index (χ0n) is 20.2. The van der Waals surface area contributed by atoms with Crippen molar-refractivity contribution >= 4 is 65.8 Å². The van der Waals surface area contributed by atoms with Crippen LogP contribution >= 0.6 is 11.3 Å². The van der Waals surface area contributed by atoms with Crippen molar-refractivity contribution in [2.75, 3.05) is 0 Å². The highest BCUT2D eigenvalue weighted by Gasteiger charge is 2.52. The topological polar surface area (TPSA) is 31.6 Å². The van der Waals surface area contributed by atoms with E-state index in [2.05, 4.69) is 100 Å². The number of hydrogen-bond donors (Lipinski definition) is 0. The van der Waals surface area contributed by atoms with Crippen LogP contribution in [0.2, 0.25) is 0 Å². The van der Waals surface area contributed by atoms with E-state index in [1.54, 1.807) is 11.3 Å². The van der Waals surface area contributed by atoms with Gasteiger partial charge in [0.15, 0.2) is 0 Å². The van der Waals surface area contributed by atoms with E-state index in [4.69, 9.17) is 13.7 Å². The monoisotopic (exact) mass is 476 g/mol. The van der Waals surface area contributed by atoms with Crippen molar-refractivity contribution in [3.63, 3.8) is 0 Å². The van der Waals surface area contributed by atoms with Gasteiger partial charge < -0.3 is 13.7 Å². The second-order valence-electron chi connectivity index (χ2n) is 10.4. The van der Waals surface area contributed by atoms with Gasteiger partial charge in [0.25, 0.3) is 0 Å². The first-order valence-corrected chi connectivity index (χ1v) is 12.8. The predicted molar refractivity (Wildman–Crippen MR) is 148 cm³/mol. The molecule has 1 aliphatic heterocycles. The van der Waals surface area contributed by atoms with E-state index in [9.17, 15) is 0 Å². The van der Waals surface area contributed by atoms with Crippen molar-refractivity contribution in [1.82, 2.24) is 0 Å². The van der Waals surface area contributed by atoms with Crippen molar-refractivity contribution in [2.24, 2.45) is 0 Å². The molecular weight excluding hydrogens is 451 g/mol. The van der Waals surface area contributed by atoms with Crippen LogP contribution in [0.3, 0.4) is 0 Å². The van der Waals surface area contributed by atoms with Gasteiger partial charge in [-0.25, -0.2) is 0 Å². The van der Waals surface area contributed by atoms with E-state index >= 15 is 0 Å². The van der Waals surface area contributed by atoms with E-state index in [1.807, 2.05) is 6.26 Å². The minimum absolute atomic E-state index is 0.375. The van der Waals surface area contributed by atoms with Crippen LogP contribution in [0.5, 0.6) is 0 Å². The molecule has 0 N–H and O–H groups in total. The lowest BCUT2D eigenvalue weighted by Crippen LogP contribution is -2.41. The molecule has 6 aromatic rings. The maximum Gasteiger partial charge on any atom is 0.496 e. The summed E-state index contributed by atoms with van der Waals surface area (Å²) in [4.78, 5) is 0. The lowest BCUT2D eigenvalue weighted by Gasteiger charge is -2.32. The minimum Gasteiger partial charge on any atom is -0.463 e. The molecule has 1 aliphatic rings. The molecule has 0 spiro atoms. The first-order chi connectivity index (χ1) is 16.8. The van der Waals surface area contributed by atoms with Crippen LogP contribution < -0.4 is 5.46 Å². The van der Waals surface area contributed by atoms with Crippen LogP contribution in [0.1, 0.15) is 27.7 Å². The third-order valence-electron chi connectivity index (χ3n) is 7.80. The summed E-state index contributed by atoms with van der Waals surface area (Å²) in [5, 5.41) is 5.95. The molecule has 7 rings (SSSR count). The SMILES string of the molecule is CC1(C)OB(c2cccc3c2sc2ccc4c(-c5ccc6ccccc6c5)coc4c23)OC1(C)C. The number of hydrogen-bond acceptors (Lipinski definition) is 4. The number of thiophene rings is 1. The summed E-state index contributed by atoms with van der Waals surface area (Å²) in [7, 11) is -0.392. The van der Waals surface area contributed by atoms with Gasteiger partial charge >= 0.3 is 7.12 Å². The van der Waals surface area contributed by atoms with Gasteiger partial charge in [-0.2, -0.15) is 0 Å². The Labute approximate surface area is 208 Å². The Balaban J connectivity index is 1.41. The van der Waals surface area contributed by atoms with Crippen molar-refractivity contribution < 1.29 is 13.7 Å². The van der Waals surface area contributed by atoms with Crippen molar-refractivity contribution in [3.05, 3.63) is 79.1 Å². The molecule has 0 atom stereocenters. The van der Waals surface area contributed by atoms with Crippen LogP contribution in [0.25, 0.3) is 53.0 Å². The van der Waals surface area contributed by atoms with E-state index < -0.39 is 7.12 Å². The highest BCUT2D eigenvalue weighted by atomic mass is 32.1. The summed E-state index contributed by atoms with van der Waals surface area (Å²) in [5.74, 6) is 0. The molecular formula is C30H25BO3S. The summed E-state index contributed by atoms with van der Waals surface area (Å²) >= 11 is 1.78. The lowest BCUT2D eigenvalue weighted by atomic mass is 9.78. The molecule has 3 heterocycles. The number of rotatable bonds is 2. The fourth-order valence-electron chi connectivity index (χ4n) is 5.13. The van der Waals surface area contributed by atoms with Crippen LogP contribution in [0, 0.1) is 0 Å². The first-order valence-electron chi connectivity index (χ1n) is 12.0. The Morgan fingerprint density at radius 2 is 1.51 bits per heavy atom. The van der Waals surface area contributed by atoms with Crippen molar-refractivity contribution in [2.45, 2.75) is 38.9 Å². The quantitative estimate of drug-likeness (QED) is 0.238. The molecule has 0 radical (unpaired) electrons. The molecule has 2 aromatic heterocycles. The summed E-state index contributed by atoms with van der Waals surface area (Å²) in [6.07, 6.45) is 1.90. The zero-order valence-corrected chi connectivity index (χ0v) is 21.0. The van der Waals surface area contributed by atoms with Gasteiger partial charge in [-0.1, -0.05) is 54.6 Å². The van der Waals surface area contributed by atoms with Gasteiger partial charge in [0, 0.05) is 36.6 Å². The summed E-state index contributed by atoms with van der Waals surface area (Å²) in [6.45, 7) is 8.38. The standard InChI is InChI=1S/C30H25BO3S/c1-29(2)30(3,4)34-31(33-29)24-11-7-10-22-26-25(35-28(22)24)15-14-21-23(17-32-27(21)26)20-13-12-18-8-5-6-9-19(18)16-20/h5-17H,1-4H3. The van der Waals surface area contributed by atoms with Crippen LogP contribution in [0.4, 0.5) is 0 Å². The van der Waals surface area contributed by atoms with Gasteiger partial charge in [-0.3, -0.25) is 0 Å². The van der Waals surface area contributed by atoms with Gasteiger partial charge in [0.05, 0.1) is 17.5 Å². The van der Waals surface area contributed by atoms with Crippen LogP contribution in [-0.4, -0.2) is 18.3 Å². The van der Waals surface area contributed by atoms with Crippen LogP contribution in [-0.2, 0) is 9.31 Å². The molecule has 1 fully saturated rings. The highest BCUT2D eigenvalue weighted by molar-refractivity contribution is 7.27. The second-order valence-corrected chi connectivity index (χ2v) is 11.5. The fourth-order valence-corrected chi connectivity index (χ4v) is 6.36. The Morgan fingerprint density at radius 1 is 0.743 bits per heavy atom. The molecule has 0 aliphatic carbocycles. The van der Waals surface area contributed by atoms with Crippen molar-refractivity contribution in [1.29, 1.82) is 0 Å². The van der Waals surface area contributed by atoms with Crippen molar-refractivity contribution in [3.8, 4) is 11.1 Å². The third kappa shape index (κ3) is 3.05. The van der Waals surface area contributed by atoms with Crippen LogP contribution in [0.15, 0.2) is 83.5 Å². The first kappa shape index (κ1) is 21.2. The average molecular weight is 476 g/mol. The second kappa shape index (κ2) is 7.20. The number of fused-ring (bicyclic) bond motifs is 6. The smallest absolute Gasteiger partial charge is 0.463 e. The normalized spacial score (nSPS) is 17.3. The van der Waals surface area contributed by atoms with E-state index in [0.717, 1.165) is 27.4 Å². The maximum absolute atomic E-state index is 6.40. The molecule has 35 heavy (non-hydrogen) atoms. The molecule has 1 saturated heterocycles. The van der Waals surface area contributed by atoms with E-state index in [0.29, 0.717) is 0 Å². The lowest BCUT2D eigenvalue weighted by molar-refractivity contribution is 0.00578. The molecule has 0 saturated carbocycles. The fraction of sp³-hybridized carbons (Fsp3) is 0.200. The molecule has 4 aromatic carbocycles. The maximum atomic E-state index is 6.40. The summed E-state index contributed by atoms with van der Waals surface area (Å²) in [5.41, 5.74) is 3.55. The van der Waals surface area contributed by atoms with E-state index in [-0.39, 0.29) is 11.2 Å². The van der Waals surface area contributed by atoms with Gasteiger partial charge in [-0.15, -0.1) is 11.3 Å². The van der Waals surface area contributed by atoms with Gasteiger partial charge in [0.1, 0.15) is 5.58 Å². The molecule has 0 amide bonds. The minimum atomic E-state index is -0.392. The average Bonchev–Trinajstić information content (AvgIpc) is 3.49. The third-order valence-corrected chi connectivity index (χ3v) is 9.02.